The summed E-state index contributed by atoms with van der Waals surface area (Å²) in [6.45, 7) is 3.98. The van der Waals surface area contributed by atoms with E-state index in [-0.39, 0.29) is 6.42 Å². The summed E-state index contributed by atoms with van der Waals surface area (Å²) >= 11 is 0. The first-order chi connectivity index (χ1) is 9.50. The summed E-state index contributed by atoms with van der Waals surface area (Å²) in [5.74, 6) is -1.03. The van der Waals surface area contributed by atoms with E-state index in [1.54, 1.807) is 6.07 Å². The maximum atomic E-state index is 10.2. The van der Waals surface area contributed by atoms with Crippen molar-refractivity contribution in [3.05, 3.63) is 71.3 Å². The number of carboxylic acid groups (broad SMARTS) is 1. The van der Waals surface area contributed by atoms with Crippen molar-refractivity contribution in [1.29, 1.82) is 0 Å². The van der Waals surface area contributed by atoms with Crippen molar-refractivity contribution < 1.29 is 15.6 Å². The molecule has 0 aliphatic heterocycles. The lowest BCUT2D eigenvalue weighted by atomic mass is 10.1. The van der Waals surface area contributed by atoms with E-state index in [4.69, 9.17) is 0 Å². The van der Waals surface area contributed by atoms with Crippen LogP contribution in [0.1, 0.15) is 29.7 Å². The van der Waals surface area contributed by atoms with Gasteiger partial charge in [-0.25, -0.2) is 0 Å². The van der Waals surface area contributed by atoms with Gasteiger partial charge in [-0.2, -0.15) is 0 Å². The Hall–Kier alpha value is -2.13. The number of aryl methyl sites for hydroxylation is 1. The molecule has 3 nitrogen and oxygen atoms in total. The van der Waals surface area contributed by atoms with Gasteiger partial charge in [-0.3, -0.25) is 0 Å². The molecule has 0 aromatic heterocycles. The van der Waals surface area contributed by atoms with Crippen LogP contribution < -0.4 is 10.8 Å². The van der Waals surface area contributed by atoms with Gasteiger partial charge in [0.25, 0.3) is 0 Å². The summed E-state index contributed by atoms with van der Waals surface area (Å²) in [7, 11) is 0. The van der Waals surface area contributed by atoms with Crippen molar-refractivity contribution in [1.82, 2.24) is 0 Å². The summed E-state index contributed by atoms with van der Waals surface area (Å²) < 4.78 is 0. The van der Waals surface area contributed by atoms with E-state index in [0.29, 0.717) is 6.04 Å². The van der Waals surface area contributed by atoms with Gasteiger partial charge in [-0.15, -0.1) is 0 Å². The minimum absolute atomic E-state index is 0.00662. The third-order valence-electron chi connectivity index (χ3n) is 2.96. The molecular weight excluding hydrogens is 250 g/mol. The molecule has 3 N–H and O–H groups in total. The predicted molar refractivity (Wildman–Crippen MR) is 77.6 cm³/mol. The lowest BCUT2D eigenvalue weighted by Gasteiger charge is -2.04. The van der Waals surface area contributed by atoms with Gasteiger partial charge < -0.3 is 15.6 Å². The van der Waals surface area contributed by atoms with Gasteiger partial charge in [0.05, 0.1) is 0 Å². The van der Waals surface area contributed by atoms with Gasteiger partial charge in [0, 0.05) is 18.0 Å². The van der Waals surface area contributed by atoms with Crippen LogP contribution in [0.3, 0.4) is 0 Å². The largest absolute Gasteiger partial charge is 0.550 e. The van der Waals surface area contributed by atoms with Crippen molar-refractivity contribution in [3.63, 3.8) is 0 Å². The smallest absolute Gasteiger partial charge is 0.107 e. The van der Waals surface area contributed by atoms with E-state index in [1.165, 1.54) is 5.56 Å². The maximum absolute atomic E-state index is 10.2. The molecule has 0 unspecified atom stereocenters. The van der Waals surface area contributed by atoms with Crippen molar-refractivity contribution in [3.8, 4) is 0 Å². The third-order valence-corrected chi connectivity index (χ3v) is 2.96. The third kappa shape index (κ3) is 5.67. The van der Waals surface area contributed by atoms with Crippen LogP contribution in [0.5, 0.6) is 0 Å². The normalized spacial score (nSPS) is 11.2. The minimum atomic E-state index is -1.03. The average Bonchev–Trinajstić information content (AvgIpc) is 2.43. The maximum Gasteiger partial charge on any atom is 0.107 e. The molecule has 0 bridgehead atoms. The number of carbonyl (C=O) groups is 1. The van der Waals surface area contributed by atoms with E-state index in [9.17, 15) is 9.90 Å². The number of carboxylic acids is 1. The Labute approximate surface area is 120 Å². The van der Waals surface area contributed by atoms with Gasteiger partial charge in [0.15, 0.2) is 0 Å². The van der Waals surface area contributed by atoms with E-state index < -0.39 is 5.97 Å². The van der Waals surface area contributed by atoms with Crippen molar-refractivity contribution in [2.24, 2.45) is 0 Å². The molecular formula is C17H21NO2. The Morgan fingerprint density at radius 2 is 1.65 bits per heavy atom. The number of benzene rings is 2. The molecule has 1 atom stereocenters. The molecule has 2 rings (SSSR count). The number of rotatable bonds is 3. The molecule has 0 spiro atoms. The molecule has 0 radical (unpaired) electrons. The fourth-order valence-electron chi connectivity index (χ4n) is 1.75. The molecule has 2 aromatic rings. The van der Waals surface area contributed by atoms with Gasteiger partial charge in [0.1, 0.15) is 6.04 Å². The first-order valence-corrected chi connectivity index (χ1v) is 6.63. The summed E-state index contributed by atoms with van der Waals surface area (Å²) in [4.78, 5) is 10.2. The minimum Gasteiger partial charge on any atom is -0.550 e. The van der Waals surface area contributed by atoms with Crippen LogP contribution in [0, 0.1) is 6.92 Å². The Morgan fingerprint density at radius 3 is 2.10 bits per heavy atom. The quantitative estimate of drug-likeness (QED) is 0.913. The van der Waals surface area contributed by atoms with Gasteiger partial charge in [-0.1, -0.05) is 54.6 Å². The van der Waals surface area contributed by atoms with Crippen molar-refractivity contribution in [2.75, 3.05) is 0 Å². The average molecular weight is 271 g/mol. The summed E-state index contributed by atoms with van der Waals surface area (Å²) in [6.07, 6.45) is 0.00662. The second-order valence-corrected chi connectivity index (χ2v) is 4.79. The Morgan fingerprint density at radius 1 is 1.10 bits per heavy atom. The number of quaternary nitrogens is 1. The van der Waals surface area contributed by atoms with E-state index in [0.717, 1.165) is 11.1 Å². The van der Waals surface area contributed by atoms with E-state index in [1.807, 2.05) is 43.3 Å². The second-order valence-electron chi connectivity index (χ2n) is 4.79. The number of hydrogen-bond acceptors (Lipinski definition) is 2. The molecule has 0 aliphatic rings. The number of aliphatic carboxylic acids is 1. The highest BCUT2D eigenvalue weighted by atomic mass is 16.4. The molecule has 2 aromatic carbocycles. The fraction of sp³-hybridized carbons (Fsp3) is 0.235. The highest BCUT2D eigenvalue weighted by molar-refractivity contribution is 5.68. The monoisotopic (exact) mass is 271 g/mol. The Balaban J connectivity index is 0.000000204. The molecule has 3 heteroatoms. The topological polar surface area (TPSA) is 67.8 Å². The van der Waals surface area contributed by atoms with Crippen molar-refractivity contribution in [2.45, 2.75) is 26.3 Å². The molecule has 0 amide bonds. The van der Waals surface area contributed by atoms with Crippen LogP contribution in [-0.2, 0) is 11.2 Å². The zero-order valence-electron chi connectivity index (χ0n) is 12.0. The molecule has 0 fully saturated rings. The number of carbonyl (C=O) groups excluding carboxylic acids is 1. The zero-order chi connectivity index (χ0) is 15.0. The fourth-order valence-corrected chi connectivity index (χ4v) is 1.75. The van der Waals surface area contributed by atoms with E-state index in [2.05, 4.69) is 24.8 Å². The van der Waals surface area contributed by atoms with Crippen LogP contribution in [-0.4, -0.2) is 5.97 Å². The molecule has 0 aliphatic carbocycles. The second kappa shape index (κ2) is 8.12. The van der Waals surface area contributed by atoms with Crippen LogP contribution >= 0.6 is 0 Å². The summed E-state index contributed by atoms with van der Waals surface area (Å²) in [5.41, 5.74) is 7.04. The van der Waals surface area contributed by atoms with Crippen LogP contribution in [0.4, 0.5) is 0 Å². The molecule has 20 heavy (non-hydrogen) atoms. The molecule has 0 heterocycles. The van der Waals surface area contributed by atoms with Gasteiger partial charge in [0.2, 0.25) is 0 Å². The van der Waals surface area contributed by atoms with Crippen LogP contribution in [0.2, 0.25) is 0 Å². The first kappa shape index (κ1) is 15.9. The molecule has 0 saturated heterocycles. The van der Waals surface area contributed by atoms with Gasteiger partial charge >= 0.3 is 0 Å². The van der Waals surface area contributed by atoms with Crippen LogP contribution in [0.15, 0.2) is 54.6 Å². The van der Waals surface area contributed by atoms with Crippen molar-refractivity contribution >= 4 is 5.97 Å². The van der Waals surface area contributed by atoms with Crippen LogP contribution in [0.25, 0.3) is 0 Å². The summed E-state index contributed by atoms with van der Waals surface area (Å²) in [5, 5.41) is 10.2. The predicted octanol–water partition coefficient (Wildman–Crippen LogP) is 1.28. The number of hydrogen-bond donors (Lipinski definition) is 1. The van der Waals surface area contributed by atoms with E-state index >= 15 is 0 Å². The highest BCUT2D eigenvalue weighted by Gasteiger charge is 1.97. The lowest BCUT2D eigenvalue weighted by molar-refractivity contribution is -0.420. The first-order valence-electron chi connectivity index (χ1n) is 6.63. The lowest BCUT2D eigenvalue weighted by Crippen LogP contribution is -2.51. The highest BCUT2D eigenvalue weighted by Crippen LogP contribution is 2.06. The zero-order valence-corrected chi connectivity index (χ0v) is 12.0. The standard InChI is InChI=1S/C9H10O2.C8H11N/c1-7-4-2-3-5-8(7)6-9(10)11;1-7(9)8-5-3-2-4-6-8/h2-5H,6H2,1H3,(H,10,11);2-7H,9H2,1H3/t;7-/m.1/s1. The summed E-state index contributed by atoms with van der Waals surface area (Å²) in [6, 6.07) is 18.1. The Bertz CT molecular complexity index is 536. The Kier molecular flexibility index (Phi) is 6.47. The van der Waals surface area contributed by atoms with Gasteiger partial charge in [-0.05, 0) is 25.0 Å². The molecule has 0 saturated carbocycles. The SMILES string of the molecule is C[C@@H]([NH3+])c1ccccc1.Cc1ccccc1CC(=O)[O-]. The molecule has 106 valence electrons.